The molecule has 3 heterocycles. The van der Waals surface area contributed by atoms with Gasteiger partial charge < -0.3 is 0 Å². The Kier molecular flexibility index (Phi) is 6.15. The maximum atomic E-state index is 4.82. The first-order valence-electron chi connectivity index (χ1n) is 10.0. The Morgan fingerprint density at radius 3 is 2.71 bits per heavy atom. The quantitative estimate of drug-likeness (QED) is 0.616. The van der Waals surface area contributed by atoms with Crippen LogP contribution in [0.4, 0.5) is 0 Å². The Balaban J connectivity index is 1.33. The van der Waals surface area contributed by atoms with Crippen molar-refractivity contribution in [2.24, 2.45) is 5.92 Å². The molecule has 3 aromatic rings. The monoisotopic (exact) mass is 392 g/mol. The van der Waals surface area contributed by atoms with E-state index in [1.807, 2.05) is 24.4 Å². The maximum absolute atomic E-state index is 4.82. The standard InChI is InChI=1S/C23H28N4S/c1-18-14-27(15-19-8-4-3-5-9-19)13-11-22(18)26(2)16-20-17-28-23(25-20)21-10-6-7-12-24-21/h3-10,12,17-18,22H,11,13-16H2,1-2H3. The molecule has 4 nitrogen and oxygen atoms in total. The number of aromatic nitrogens is 2. The van der Waals surface area contributed by atoms with Gasteiger partial charge in [0.15, 0.2) is 0 Å². The van der Waals surface area contributed by atoms with E-state index < -0.39 is 0 Å². The summed E-state index contributed by atoms with van der Waals surface area (Å²) in [4.78, 5) is 14.3. The average molecular weight is 393 g/mol. The summed E-state index contributed by atoms with van der Waals surface area (Å²) in [5, 5.41) is 3.19. The zero-order chi connectivity index (χ0) is 19.3. The predicted molar refractivity (Wildman–Crippen MR) is 116 cm³/mol. The summed E-state index contributed by atoms with van der Waals surface area (Å²) in [5.41, 5.74) is 3.52. The first kappa shape index (κ1) is 19.2. The molecular formula is C23H28N4S. The van der Waals surface area contributed by atoms with Crippen molar-refractivity contribution in [1.29, 1.82) is 0 Å². The van der Waals surface area contributed by atoms with Crippen molar-refractivity contribution >= 4 is 11.3 Å². The summed E-state index contributed by atoms with van der Waals surface area (Å²) in [6.07, 6.45) is 3.04. The number of thiazole rings is 1. The zero-order valence-electron chi connectivity index (χ0n) is 16.7. The third-order valence-electron chi connectivity index (χ3n) is 5.61. The Hall–Kier alpha value is -2.08. The van der Waals surface area contributed by atoms with Crippen molar-refractivity contribution in [2.45, 2.75) is 32.5 Å². The van der Waals surface area contributed by atoms with Gasteiger partial charge in [-0.2, -0.15) is 0 Å². The summed E-state index contributed by atoms with van der Waals surface area (Å²) in [6.45, 7) is 6.65. The summed E-state index contributed by atoms with van der Waals surface area (Å²) >= 11 is 1.69. The van der Waals surface area contributed by atoms with Crippen LogP contribution in [0.25, 0.3) is 10.7 Å². The Morgan fingerprint density at radius 1 is 1.14 bits per heavy atom. The smallest absolute Gasteiger partial charge is 0.142 e. The van der Waals surface area contributed by atoms with Crippen LogP contribution < -0.4 is 0 Å². The van der Waals surface area contributed by atoms with Crippen LogP contribution in [-0.2, 0) is 13.1 Å². The molecule has 28 heavy (non-hydrogen) atoms. The highest BCUT2D eigenvalue weighted by atomic mass is 32.1. The lowest BCUT2D eigenvalue weighted by atomic mass is 9.92. The highest BCUT2D eigenvalue weighted by molar-refractivity contribution is 7.13. The maximum Gasteiger partial charge on any atom is 0.142 e. The fourth-order valence-corrected chi connectivity index (χ4v) is 5.01. The number of hydrogen-bond donors (Lipinski definition) is 0. The largest absolute Gasteiger partial charge is 0.299 e. The Labute approximate surface area is 171 Å². The third kappa shape index (κ3) is 4.66. The molecule has 4 rings (SSSR count). The Bertz CT molecular complexity index is 865. The highest BCUT2D eigenvalue weighted by Crippen LogP contribution is 2.26. The van der Waals surface area contributed by atoms with Gasteiger partial charge >= 0.3 is 0 Å². The molecule has 0 radical (unpaired) electrons. The average Bonchev–Trinajstić information content (AvgIpc) is 3.18. The van der Waals surface area contributed by atoms with Crippen molar-refractivity contribution < 1.29 is 0 Å². The Morgan fingerprint density at radius 2 is 1.96 bits per heavy atom. The molecule has 1 aliphatic rings. The molecule has 146 valence electrons. The van der Waals surface area contributed by atoms with Gasteiger partial charge in [0.2, 0.25) is 0 Å². The van der Waals surface area contributed by atoms with Crippen LogP contribution in [0.3, 0.4) is 0 Å². The first-order chi connectivity index (χ1) is 13.7. The van der Waals surface area contributed by atoms with Crippen LogP contribution in [0.5, 0.6) is 0 Å². The minimum absolute atomic E-state index is 0.604. The topological polar surface area (TPSA) is 32.3 Å². The molecule has 0 bridgehead atoms. The number of hydrogen-bond acceptors (Lipinski definition) is 5. The molecule has 2 atom stereocenters. The zero-order valence-corrected chi connectivity index (χ0v) is 17.5. The summed E-state index contributed by atoms with van der Waals surface area (Å²) in [6, 6.07) is 17.4. The fraction of sp³-hybridized carbons (Fsp3) is 0.391. The molecule has 1 fully saturated rings. The van der Waals surface area contributed by atoms with Crippen molar-refractivity contribution in [3.8, 4) is 10.7 Å². The number of nitrogens with zero attached hydrogens (tertiary/aromatic N) is 4. The van der Waals surface area contributed by atoms with Gasteiger partial charge in [0.1, 0.15) is 5.01 Å². The molecule has 1 saturated heterocycles. The number of benzene rings is 1. The van der Waals surface area contributed by atoms with E-state index in [4.69, 9.17) is 4.98 Å². The van der Waals surface area contributed by atoms with Gasteiger partial charge in [-0.15, -0.1) is 11.3 Å². The van der Waals surface area contributed by atoms with E-state index in [9.17, 15) is 0 Å². The highest BCUT2D eigenvalue weighted by Gasteiger charge is 2.29. The van der Waals surface area contributed by atoms with Gasteiger partial charge in [0, 0.05) is 37.3 Å². The van der Waals surface area contributed by atoms with E-state index >= 15 is 0 Å². The van der Waals surface area contributed by atoms with Crippen LogP contribution in [-0.4, -0.2) is 45.9 Å². The van der Waals surface area contributed by atoms with Gasteiger partial charge in [-0.25, -0.2) is 4.98 Å². The van der Waals surface area contributed by atoms with Gasteiger partial charge in [0.05, 0.1) is 11.4 Å². The van der Waals surface area contributed by atoms with Crippen LogP contribution in [0, 0.1) is 5.92 Å². The van der Waals surface area contributed by atoms with Gasteiger partial charge in [0.25, 0.3) is 0 Å². The lowest BCUT2D eigenvalue weighted by Crippen LogP contribution is -2.48. The van der Waals surface area contributed by atoms with Crippen molar-refractivity contribution in [2.75, 3.05) is 20.1 Å². The predicted octanol–water partition coefficient (Wildman–Crippen LogP) is 4.55. The van der Waals surface area contributed by atoms with Crippen molar-refractivity contribution in [3.05, 3.63) is 71.4 Å². The number of piperidine rings is 1. The number of likely N-dealkylation sites (tertiary alicyclic amines) is 1. The van der Waals surface area contributed by atoms with Crippen LogP contribution in [0.2, 0.25) is 0 Å². The molecule has 2 unspecified atom stereocenters. The first-order valence-corrected chi connectivity index (χ1v) is 10.9. The van der Waals surface area contributed by atoms with Crippen LogP contribution in [0.15, 0.2) is 60.1 Å². The lowest BCUT2D eigenvalue weighted by Gasteiger charge is -2.41. The minimum Gasteiger partial charge on any atom is -0.299 e. The molecule has 0 aliphatic carbocycles. The van der Waals surface area contributed by atoms with Crippen molar-refractivity contribution in [1.82, 2.24) is 19.8 Å². The molecule has 5 heteroatoms. The van der Waals surface area contributed by atoms with E-state index in [0.717, 1.165) is 42.6 Å². The van der Waals surface area contributed by atoms with Gasteiger partial charge in [-0.05, 0) is 43.6 Å². The van der Waals surface area contributed by atoms with Gasteiger partial charge in [-0.1, -0.05) is 43.3 Å². The van der Waals surface area contributed by atoms with Crippen LogP contribution >= 0.6 is 11.3 Å². The van der Waals surface area contributed by atoms with E-state index in [1.54, 1.807) is 11.3 Å². The van der Waals surface area contributed by atoms with Gasteiger partial charge in [-0.3, -0.25) is 14.8 Å². The van der Waals surface area contributed by atoms with Crippen LogP contribution in [0.1, 0.15) is 24.6 Å². The molecule has 0 amide bonds. The lowest BCUT2D eigenvalue weighted by molar-refractivity contribution is 0.0714. The molecule has 0 saturated carbocycles. The summed E-state index contributed by atoms with van der Waals surface area (Å²) in [7, 11) is 2.24. The van der Waals surface area contributed by atoms with Crippen molar-refractivity contribution in [3.63, 3.8) is 0 Å². The van der Waals surface area contributed by atoms with E-state index in [1.165, 1.54) is 12.0 Å². The molecule has 0 spiro atoms. The number of rotatable bonds is 6. The molecule has 1 aromatic carbocycles. The minimum atomic E-state index is 0.604. The normalized spacial score (nSPS) is 20.5. The second kappa shape index (κ2) is 8.95. The SMILES string of the molecule is CC1CN(Cc2ccccc2)CCC1N(C)Cc1csc(-c2ccccn2)n1. The summed E-state index contributed by atoms with van der Waals surface area (Å²) < 4.78 is 0. The summed E-state index contributed by atoms with van der Waals surface area (Å²) in [5.74, 6) is 0.649. The number of pyridine rings is 1. The van der Waals surface area contributed by atoms with E-state index in [0.29, 0.717) is 12.0 Å². The molecule has 0 N–H and O–H groups in total. The second-order valence-electron chi connectivity index (χ2n) is 7.83. The van der Waals surface area contributed by atoms with E-state index in [-0.39, 0.29) is 0 Å². The molecule has 1 aliphatic heterocycles. The fourth-order valence-electron chi connectivity index (χ4n) is 4.22. The second-order valence-corrected chi connectivity index (χ2v) is 8.69. The molecular weight excluding hydrogens is 364 g/mol. The third-order valence-corrected chi connectivity index (χ3v) is 6.52. The molecule has 2 aromatic heterocycles. The van der Waals surface area contributed by atoms with E-state index in [2.05, 4.69) is 64.5 Å².